The zero-order valence-corrected chi connectivity index (χ0v) is 11.8. The Bertz CT molecular complexity index is 603. The number of carbonyl (C=O) groups is 1. The van der Waals surface area contributed by atoms with Gasteiger partial charge in [-0.25, -0.2) is 0 Å². The molecule has 0 spiro atoms. The number of piperidine rings is 1. The summed E-state index contributed by atoms with van der Waals surface area (Å²) in [4.78, 5) is 17.9. The van der Waals surface area contributed by atoms with E-state index in [0.717, 1.165) is 49.0 Å². The smallest absolute Gasteiger partial charge is 0.255 e. The quantitative estimate of drug-likeness (QED) is 0.933. The molecule has 20 heavy (non-hydrogen) atoms. The van der Waals surface area contributed by atoms with E-state index in [4.69, 9.17) is 4.74 Å². The van der Waals surface area contributed by atoms with Crippen LogP contribution >= 0.6 is 0 Å². The van der Waals surface area contributed by atoms with Crippen LogP contribution in [0.2, 0.25) is 0 Å². The Balaban J connectivity index is 1.83. The van der Waals surface area contributed by atoms with Crippen LogP contribution in [0.3, 0.4) is 0 Å². The highest BCUT2D eigenvalue weighted by atomic mass is 16.5. The molecule has 0 aliphatic carbocycles. The summed E-state index contributed by atoms with van der Waals surface area (Å²) in [5, 5.41) is 1.08. The van der Waals surface area contributed by atoms with Gasteiger partial charge in [0.1, 0.15) is 0 Å². The summed E-state index contributed by atoms with van der Waals surface area (Å²) in [6.45, 7) is 2.37. The molecule has 1 atom stereocenters. The number of fused-ring (bicyclic) bond motifs is 1. The van der Waals surface area contributed by atoms with Gasteiger partial charge >= 0.3 is 0 Å². The minimum Gasteiger partial charge on any atom is -0.384 e. The highest BCUT2D eigenvalue weighted by Crippen LogP contribution is 2.22. The summed E-state index contributed by atoms with van der Waals surface area (Å²) < 4.78 is 5.23. The molecule has 1 fully saturated rings. The molecule has 4 nitrogen and oxygen atoms in total. The highest BCUT2D eigenvalue weighted by Gasteiger charge is 2.25. The third kappa shape index (κ3) is 2.43. The summed E-state index contributed by atoms with van der Waals surface area (Å²) in [6, 6.07) is 7.86. The van der Waals surface area contributed by atoms with Gasteiger partial charge in [0.05, 0.1) is 17.7 Å². The fourth-order valence-electron chi connectivity index (χ4n) is 3.05. The largest absolute Gasteiger partial charge is 0.384 e. The van der Waals surface area contributed by atoms with Crippen molar-refractivity contribution >= 4 is 16.8 Å². The second-order valence-electron chi connectivity index (χ2n) is 5.46. The van der Waals surface area contributed by atoms with E-state index in [0.29, 0.717) is 5.92 Å². The van der Waals surface area contributed by atoms with E-state index in [2.05, 4.69) is 4.98 Å². The third-order valence-corrected chi connectivity index (χ3v) is 4.03. The van der Waals surface area contributed by atoms with Crippen LogP contribution in [0.15, 0.2) is 30.5 Å². The first-order valence-corrected chi connectivity index (χ1v) is 7.14. The number of aromatic nitrogens is 1. The normalized spacial score (nSPS) is 19.4. The van der Waals surface area contributed by atoms with Crippen LogP contribution in [0.5, 0.6) is 0 Å². The van der Waals surface area contributed by atoms with Crippen molar-refractivity contribution in [2.75, 3.05) is 26.8 Å². The summed E-state index contributed by atoms with van der Waals surface area (Å²) in [7, 11) is 1.72. The van der Waals surface area contributed by atoms with Crippen molar-refractivity contribution in [3.63, 3.8) is 0 Å². The summed E-state index contributed by atoms with van der Waals surface area (Å²) >= 11 is 0. The number of para-hydroxylation sites is 1. The molecule has 0 bridgehead atoms. The van der Waals surface area contributed by atoms with Crippen LogP contribution in [0.25, 0.3) is 10.9 Å². The van der Waals surface area contributed by atoms with Crippen LogP contribution in [0, 0.1) is 5.92 Å². The Labute approximate surface area is 118 Å². The molecule has 4 heteroatoms. The van der Waals surface area contributed by atoms with Crippen molar-refractivity contribution < 1.29 is 9.53 Å². The van der Waals surface area contributed by atoms with E-state index in [1.54, 1.807) is 7.11 Å². The Kier molecular flexibility index (Phi) is 3.74. The predicted octanol–water partition coefficient (Wildman–Crippen LogP) is 2.67. The molecule has 1 N–H and O–H groups in total. The zero-order valence-electron chi connectivity index (χ0n) is 11.8. The maximum atomic E-state index is 12.7. The fourth-order valence-corrected chi connectivity index (χ4v) is 3.05. The molecule has 106 valence electrons. The average molecular weight is 272 g/mol. The van der Waals surface area contributed by atoms with Gasteiger partial charge in [-0.2, -0.15) is 0 Å². The van der Waals surface area contributed by atoms with Crippen molar-refractivity contribution in [3.8, 4) is 0 Å². The molecule has 0 saturated carbocycles. The van der Waals surface area contributed by atoms with Gasteiger partial charge in [-0.1, -0.05) is 12.1 Å². The van der Waals surface area contributed by atoms with E-state index in [-0.39, 0.29) is 5.91 Å². The van der Waals surface area contributed by atoms with Gasteiger partial charge in [-0.05, 0) is 30.9 Å². The lowest BCUT2D eigenvalue weighted by Gasteiger charge is -2.32. The van der Waals surface area contributed by atoms with E-state index in [1.165, 1.54) is 0 Å². The topological polar surface area (TPSA) is 45.3 Å². The predicted molar refractivity (Wildman–Crippen MR) is 78.8 cm³/mol. The van der Waals surface area contributed by atoms with E-state index in [9.17, 15) is 4.79 Å². The number of hydrogen-bond donors (Lipinski definition) is 1. The molecule has 3 rings (SSSR count). The second kappa shape index (κ2) is 5.67. The zero-order chi connectivity index (χ0) is 13.9. The molecule has 0 radical (unpaired) electrons. The van der Waals surface area contributed by atoms with Crippen LogP contribution in [0.4, 0.5) is 0 Å². The first-order valence-electron chi connectivity index (χ1n) is 7.14. The Hall–Kier alpha value is -1.81. The first kappa shape index (κ1) is 13.2. The minimum absolute atomic E-state index is 0.124. The van der Waals surface area contributed by atoms with Crippen molar-refractivity contribution in [1.82, 2.24) is 9.88 Å². The number of likely N-dealkylation sites (tertiary alicyclic amines) is 1. The van der Waals surface area contributed by atoms with Crippen LogP contribution in [0.1, 0.15) is 23.2 Å². The number of ether oxygens (including phenoxy) is 1. The number of nitrogens with one attached hydrogen (secondary N) is 1. The SMILES string of the molecule is COCC1CCCN(C(=O)c2cccc3cc[nH]c23)C1. The number of hydrogen-bond acceptors (Lipinski definition) is 2. The molecule has 1 aromatic carbocycles. The van der Waals surface area contributed by atoms with Crippen LogP contribution < -0.4 is 0 Å². The van der Waals surface area contributed by atoms with Crippen molar-refractivity contribution in [1.29, 1.82) is 0 Å². The number of H-pyrrole nitrogens is 1. The Morgan fingerprint density at radius 3 is 3.20 bits per heavy atom. The maximum absolute atomic E-state index is 12.7. The van der Waals surface area contributed by atoms with Gasteiger partial charge in [-0.3, -0.25) is 4.79 Å². The summed E-state index contributed by atoms with van der Waals surface area (Å²) in [5.41, 5.74) is 1.71. The van der Waals surface area contributed by atoms with Crippen LogP contribution in [-0.4, -0.2) is 42.6 Å². The lowest BCUT2D eigenvalue weighted by atomic mass is 9.98. The van der Waals surface area contributed by atoms with Crippen LogP contribution in [-0.2, 0) is 4.74 Å². The lowest BCUT2D eigenvalue weighted by molar-refractivity contribution is 0.0572. The molecule has 2 aromatic rings. The number of methoxy groups -OCH3 is 1. The van der Waals surface area contributed by atoms with Crippen molar-refractivity contribution in [2.24, 2.45) is 5.92 Å². The Morgan fingerprint density at radius 2 is 2.35 bits per heavy atom. The van der Waals surface area contributed by atoms with Gasteiger partial charge in [-0.15, -0.1) is 0 Å². The number of nitrogens with zero attached hydrogens (tertiary/aromatic N) is 1. The molecule has 1 amide bonds. The second-order valence-corrected chi connectivity index (χ2v) is 5.46. The van der Waals surface area contributed by atoms with Gasteiger partial charge in [0.15, 0.2) is 0 Å². The lowest BCUT2D eigenvalue weighted by Crippen LogP contribution is -2.41. The standard InChI is InChI=1S/C16H20N2O2/c1-20-11-12-4-3-9-18(10-12)16(19)14-6-2-5-13-7-8-17-15(13)14/h2,5-8,12,17H,3-4,9-11H2,1H3. The molecular weight excluding hydrogens is 252 g/mol. The fraction of sp³-hybridized carbons (Fsp3) is 0.438. The third-order valence-electron chi connectivity index (χ3n) is 4.03. The highest BCUT2D eigenvalue weighted by molar-refractivity contribution is 6.05. The molecule has 1 aliphatic rings. The summed E-state index contributed by atoms with van der Waals surface area (Å²) in [6.07, 6.45) is 4.08. The Morgan fingerprint density at radius 1 is 1.45 bits per heavy atom. The number of carbonyl (C=O) groups excluding carboxylic acids is 1. The van der Waals surface area contributed by atoms with Gasteiger partial charge in [0.2, 0.25) is 0 Å². The average Bonchev–Trinajstić information content (AvgIpc) is 2.95. The van der Waals surface area contributed by atoms with E-state index in [1.807, 2.05) is 35.4 Å². The number of aromatic amines is 1. The van der Waals surface area contributed by atoms with Gasteiger partial charge < -0.3 is 14.6 Å². The molecule has 2 heterocycles. The number of rotatable bonds is 3. The molecule has 1 aromatic heterocycles. The molecule has 1 unspecified atom stereocenters. The van der Waals surface area contributed by atoms with Crippen molar-refractivity contribution in [2.45, 2.75) is 12.8 Å². The number of benzene rings is 1. The number of amides is 1. The van der Waals surface area contributed by atoms with Gasteiger partial charge in [0, 0.05) is 31.8 Å². The monoisotopic (exact) mass is 272 g/mol. The van der Waals surface area contributed by atoms with Crippen molar-refractivity contribution in [3.05, 3.63) is 36.0 Å². The first-order chi connectivity index (χ1) is 9.79. The molecular formula is C16H20N2O2. The molecule has 1 aliphatic heterocycles. The maximum Gasteiger partial charge on any atom is 0.255 e. The minimum atomic E-state index is 0.124. The van der Waals surface area contributed by atoms with E-state index < -0.39 is 0 Å². The molecule has 1 saturated heterocycles. The summed E-state index contributed by atoms with van der Waals surface area (Å²) in [5.74, 6) is 0.583. The van der Waals surface area contributed by atoms with E-state index >= 15 is 0 Å². The van der Waals surface area contributed by atoms with Gasteiger partial charge in [0.25, 0.3) is 5.91 Å².